The van der Waals surface area contributed by atoms with E-state index >= 15 is 0 Å². The van der Waals surface area contributed by atoms with Gasteiger partial charge < -0.3 is 0 Å². The maximum absolute atomic E-state index is 2.44. The summed E-state index contributed by atoms with van der Waals surface area (Å²) < 4.78 is 0. The van der Waals surface area contributed by atoms with Gasteiger partial charge in [-0.2, -0.15) is 0 Å². The molecule has 0 nitrogen and oxygen atoms in total. The molecule has 0 amide bonds. The van der Waals surface area contributed by atoms with Crippen molar-refractivity contribution in [1.29, 1.82) is 0 Å². The quantitative estimate of drug-likeness (QED) is 0.252. The zero-order chi connectivity index (χ0) is 15.4. The summed E-state index contributed by atoms with van der Waals surface area (Å²) in [6, 6.07) is 18.4. The molecule has 1 unspecified atom stereocenters. The van der Waals surface area contributed by atoms with Crippen LogP contribution in [0.5, 0.6) is 0 Å². The minimum Gasteiger partial charge on any atom is -0.0760 e. The lowest BCUT2D eigenvalue weighted by atomic mass is 9.75. The van der Waals surface area contributed by atoms with Gasteiger partial charge in [-0.15, -0.1) is 0 Å². The molecule has 2 aliphatic carbocycles. The Labute approximate surface area is 139 Å². The second-order valence-corrected chi connectivity index (χ2v) is 7.30. The van der Waals surface area contributed by atoms with Crippen LogP contribution in [0.3, 0.4) is 0 Å². The van der Waals surface area contributed by atoms with Gasteiger partial charge in [0.25, 0.3) is 0 Å². The normalized spacial score (nSPS) is 18.4. The van der Waals surface area contributed by atoms with Gasteiger partial charge in [-0.1, -0.05) is 66.8 Å². The highest BCUT2D eigenvalue weighted by molar-refractivity contribution is 6.33. The molecule has 5 aromatic carbocycles. The highest BCUT2D eigenvalue weighted by atomic mass is 14.3. The van der Waals surface area contributed by atoms with Gasteiger partial charge in [0.05, 0.1) is 0 Å². The minimum atomic E-state index is 0.532. The van der Waals surface area contributed by atoms with Crippen molar-refractivity contribution >= 4 is 55.2 Å². The monoisotopic (exact) mass is 302 g/mol. The van der Waals surface area contributed by atoms with Gasteiger partial charge >= 0.3 is 0 Å². The summed E-state index contributed by atoms with van der Waals surface area (Å²) in [5.41, 5.74) is 2.97. The van der Waals surface area contributed by atoms with Crippen molar-refractivity contribution in [2.45, 2.75) is 12.3 Å². The molecule has 0 fully saturated rings. The summed E-state index contributed by atoms with van der Waals surface area (Å²) in [7, 11) is 0. The van der Waals surface area contributed by atoms with E-state index < -0.39 is 0 Å². The molecule has 110 valence electrons. The zero-order valence-corrected chi connectivity index (χ0v) is 13.1. The Morgan fingerprint density at radius 1 is 0.625 bits per heavy atom. The molecular formula is C24H14. The fourth-order valence-electron chi connectivity index (χ4n) is 5.23. The molecule has 0 radical (unpaired) electrons. The molecule has 24 heavy (non-hydrogen) atoms. The lowest BCUT2D eigenvalue weighted by molar-refractivity contribution is 0.899. The molecule has 0 saturated carbocycles. The summed E-state index contributed by atoms with van der Waals surface area (Å²) >= 11 is 0. The van der Waals surface area contributed by atoms with Gasteiger partial charge in [-0.05, 0) is 65.9 Å². The van der Waals surface area contributed by atoms with Crippen LogP contribution in [0.15, 0.2) is 54.6 Å². The van der Waals surface area contributed by atoms with E-state index in [1.54, 1.807) is 5.56 Å². The van der Waals surface area contributed by atoms with Crippen LogP contribution in [0.1, 0.15) is 23.5 Å². The summed E-state index contributed by atoms with van der Waals surface area (Å²) in [5.74, 6) is 0.532. The van der Waals surface area contributed by atoms with Crippen molar-refractivity contribution in [3.63, 3.8) is 0 Å². The first-order valence-electron chi connectivity index (χ1n) is 8.74. The molecule has 0 bridgehead atoms. The Morgan fingerprint density at radius 3 is 2.04 bits per heavy atom. The molecule has 0 saturated heterocycles. The molecule has 2 aliphatic rings. The Balaban J connectivity index is 2.03. The minimum absolute atomic E-state index is 0.532. The largest absolute Gasteiger partial charge is 0.0760 e. The van der Waals surface area contributed by atoms with Gasteiger partial charge in [-0.3, -0.25) is 0 Å². The summed E-state index contributed by atoms with van der Waals surface area (Å²) in [4.78, 5) is 0. The number of allylic oxidation sites excluding steroid dienone is 1. The van der Waals surface area contributed by atoms with Crippen LogP contribution in [-0.2, 0) is 0 Å². The molecule has 0 heterocycles. The first-order valence-corrected chi connectivity index (χ1v) is 8.74. The average molecular weight is 302 g/mol. The summed E-state index contributed by atoms with van der Waals surface area (Å²) in [6.07, 6.45) is 8.31. The maximum atomic E-state index is 2.44. The summed E-state index contributed by atoms with van der Waals surface area (Å²) in [5, 5.41) is 13.0. The van der Waals surface area contributed by atoms with E-state index in [2.05, 4.69) is 66.8 Å². The fraction of sp³-hybridized carbons (Fsp3) is 0.0833. The highest BCUT2D eigenvalue weighted by Gasteiger charge is 2.26. The van der Waals surface area contributed by atoms with Gasteiger partial charge in [-0.25, -0.2) is 0 Å². The topological polar surface area (TPSA) is 0 Å². The summed E-state index contributed by atoms with van der Waals surface area (Å²) in [6.45, 7) is 0. The molecule has 0 N–H and O–H groups in total. The van der Waals surface area contributed by atoms with Crippen molar-refractivity contribution in [2.24, 2.45) is 0 Å². The third-order valence-corrected chi connectivity index (χ3v) is 6.22. The molecule has 7 rings (SSSR count). The first kappa shape index (κ1) is 11.6. The SMILES string of the molecule is C1=CC2CC=c3ccc4ccc5ccc6ccc1c1c2c3c4c5c61. The van der Waals surface area contributed by atoms with E-state index in [1.165, 1.54) is 53.9 Å². The van der Waals surface area contributed by atoms with Crippen LogP contribution >= 0.6 is 0 Å². The van der Waals surface area contributed by atoms with E-state index in [0.717, 1.165) is 6.42 Å². The van der Waals surface area contributed by atoms with Gasteiger partial charge in [0, 0.05) is 5.92 Å². The van der Waals surface area contributed by atoms with Crippen LogP contribution in [0, 0.1) is 0 Å². The Morgan fingerprint density at radius 2 is 1.25 bits per heavy atom. The first-order chi connectivity index (χ1) is 11.9. The predicted molar refractivity (Wildman–Crippen MR) is 104 cm³/mol. The van der Waals surface area contributed by atoms with E-state index in [1.807, 2.05) is 0 Å². The van der Waals surface area contributed by atoms with Gasteiger partial charge in [0.1, 0.15) is 0 Å². The molecule has 0 aromatic heterocycles. The predicted octanol–water partition coefficient (Wildman–Crippen LogP) is 5.75. The van der Waals surface area contributed by atoms with Crippen LogP contribution in [0.2, 0.25) is 0 Å². The van der Waals surface area contributed by atoms with E-state index in [0.29, 0.717) is 5.92 Å². The Kier molecular flexibility index (Phi) is 1.76. The molecule has 1 atom stereocenters. The zero-order valence-electron chi connectivity index (χ0n) is 13.1. The van der Waals surface area contributed by atoms with Crippen LogP contribution in [0.4, 0.5) is 0 Å². The second kappa shape index (κ2) is 3.62. The standard InChI is InChI=1S/C24H14/c1-2-14-5-6-16-9-11-18-12-10-17-8-7-15-4-3-13(1)19-20(14)22(16)24(18)23(17)21(15)19/h1-11,18H,12H2. The molecule has 0 aliphatic heterocycles. The van der Waals surface area contributed by atoms with E-state index in [4.69, 9.17) is 0 Å². The second-order valence-electron chi connectivity index (χ2n) is 7.30. The molecular weight excluding hydrogens is 288 g/mol. The smallest absolute Gasteiger partial charge is 0.00689 e. The molecule has 0 spiro atoms. The lowest BCUT2D eigenvalue weighted by Gasteiger charge is -2.28. The van der Waals surface area contributed by atoms with Crippen molar-refractivity contribution in [1.82, 2.24) is 0 Å². The Hall–Kier alpha value is -2.86. The maximum Gasteiger partial charge on any atom is 0.00689 e. The van der Waals surface area contributed by atoms with Gasteiger partial charge in [0.2, 0.25) is 0 Å². The molecule has 5 aromatic rings. The number of hydrogen-bond acceptors (Lipinski definition) is 0. The van der Waals surface area contributed by atoms with Gasteiger partial charge in [0.15, 0.2) is 0 Å². The van der Waals surface area contributed by atoms with Crippen molar-refractivity contribution in [2.75, 3.05) is 0 Å². The fourth-order valence-corrected chi connectivity index (χ4v) is 5.23. The number of benzene rings is 5. The van der Waals surface area contributed by atoms with E-state index in [-0.39, 0.29) is 0 Å². The van der Waals surface area contributed by atoms with Crippen LogP contribution in [0.25, 0.3) is 55.2 Å². The van der Waals surface area contributed by atoms with Crippen molar-refractivity contribution in [3.05, 3.63) is 71.0 Å². The van der Waals surface area contributed by atoms with E-state index in [9.17, 15) is 0 Å². The third kappa shape index (κ3) is 1.12. The molecule has 0 heteroatoms. The van der Waals surface area contributed by atoms with Crippen molar-refractivity contribution in [3.8, 4) is 0 Å². The van der Waals surface area contributed by atoms with Crippen LogP contribution < -0.4 is 5.22 Å². The Bertz CT molecular complexity index is 1410. The number of rotatable bonds is 0. The number of hydrogen-bond donors (Lipinski definition) is 0. The van der Waals surface area contributed by atoms with Crippen molar-refractivity contribution < 1.29 is 0 Å². The average Bonchev–Trinajstić information content (AvgIpc) is 2.65. The third-order valence-electron chi connectivity index (χ3n) is 6.22. The van der Waals surface area contributed by atoms with Crippen LogP contribution in [-0.4, -0.2) is 0 Å². The highest BCUT2D eigenvalue weighted by Crippen LogP contribution is 2.48. The lowest BCUT2D eigenvalue weighted by Crippen LogP contribution is -2.15.